The Bertz CT molecular complexity index is 1230. The number of aliphatic hydroxyl groups excluding tert-OH is 1. The monoisotopic (exact) mass is 561 g/mol. The molecule has 0 aromatic heterocycles. The summed E-state index contributed by atoms with van der Waals surface area (Å²) in [6, 6.07) is 16.2. The van der Waals surface area contributed by atoms with Gasteiger partial charge in [-0.25, -0.2) is 4.79 Å². The van der Waals surface area contributed by atoms with Crippen LogP contribution >= 0.6 is 0 Å². The van der Waals surface area contributed by atoms with E-state index >= 15 is 0 Å². The van der Waals surface area contributed by atoms with Gasteiger partial charge in [0.2, 0.25) is 5.91 Å². The third kappa shape index (κ3) is 6.75. The van der Waals surface area contributed by atoms with Crippen LogP contribution in [0.3, 0.4) is 0 Å². The largest absolute Gasteiger partial charge is 0.447 e. The maximum Gasteiger partial charge on any atom is 0.414 e. The van der Waals surface area contributed by atoms with Crippen molar-refractivity contribution in [3.8, 4) is 0 Å². The maximum absolute atomic E-state index is 13.5. The fourth-order valence-corrected chi connectivity index (χ4v) is 6.80. The fourth-order valence-electron chi connectivity index (χ4n) is 6.80. The van der Waals surface area contributed by atoms with Crippen LogP contribution in [-0.4, -0.2) is 53.9 Å². The Balaban J connectivity index is 1.27. The first kappa shape index (κ1) is 29.1. The molecular formula is C33H43N3O5. The number of carbonyl (C=O) groups is 3. The molecule has 3 aliphatic rings. The lowest BCUT2D eigenvalue weighted by Gasteiger charge is -2.28. The zero-order chi connectivity index (χ0) is 29.1. The lowest BCUT2D eigenvalue weighted by atomic mass is 9.91. The Labute approximate surface area is 242 Å². The third-order valence-corrected chi connectivity index (χ3v) is 9.25. The average Bonchev–Trinajstić information content (AvgIpc) is 3.69. The van der Waals surface area contributed by atoms with Gasteiger partial charge in [-0.3, -0.25) is 14.5 Å². The Morgan fingerprint density at radius 1 is 1.05 bits per heavy atom. The minimum absolute atomic E-state index is 0.0312. The Hall–Kier alpha value is -3.39. The van der Waals surface area contributed by atoms with Crippen LogP contribution in [-0.2, 0) is 16.0 Å². The minimum Gasteiger partial charge on any atom is -0.447 e. The number of ether oxygens (including phenoxy) is 1. The number of amides is 3. The summed E-state index contributed by atoms with van der Waals surface area (Å²) in [6.45, 7) is 6.22. The molecule has 3 unspecified atom stereocenters. The van der Waals surface area contributed by atoms with Gasteiger partial charge in [0.25, 0.3) is 5.91 Å². The topological polar surface area (TPSA) is 108 Å². The van der Waals surface area contributed by atoms with Gasteiger partial charge in [0.1, 0.15) is 6.61 Å². The van der Waals surface area contributed by atoms with Crippen LogP contribution in [0.5, 0.6) is 0 Å². The molecule has 1 saturated heterocycles. The zero-order valence-corrected chi connectivity index (χ0v) is 24.3. The molecule has 41 heavy (non-hydrogen) atoms. The molecule has 0 radical (unpaired) electrons. The van der Waals surface area contributed by atoms with Crippen molar-refractivity contribution in [1.82, 2.24) is 10.6 Å². The second-order valence-electron chi connectivity index (χ2n) is 12.6. The number of nitrogens with one attached hydrogen (secondary N) is 2. The van der Waals surface area contributed by atoms with Crippen molar-refractivity contribution in [3.63, 3.8) is 0 Å². The van der Waals surface area contributed by atoms with Gasteiger partial charge < -0.3 is 20.5 Å². The Morgan fingerprint density at radius 3 is 2.51 bits per heavy atom. The molecule has 3 amide bonds. The summed E-state index contributed by atoms with van der Waals surface area (Å²) in [4.78, 5) is 40.6. The minimum atomic E-state index is -0.929. The number of fused-ring (bicyclic) bond motifs is 2. The lowest BCUT2D eigenvalue weighted by Crippen LogP contribution is -2.47. The first-order valence-corrected chi connectivity index (χ1v) is 15.1. The van der Waals surface area contributed by atoms with Gasteiger partial charge in [0.15, 0.2) is 0 Å². The first-order chi connectivity index (χ1) is 19.7. The maximum atomic E-state index is 13.5. The summed E-state index contributed by atoms with van der Waals surface area (Å²) >= 11 is 0. The number of cyclic esters (lactones) is 1. The van der Waals surface area contributed by atoms with Gasteiger partial charge >= 0.3 is 6.09 Å². The van der Waals surface area contributed by atoms with Crippen LogP contribution in [0.4, 0.5) is 10.5 Å². The van der Waals surface area contributed by atoms with Crippen LogP contribution < -0.4 is 15.5 Å². The molecule has 1 heterocycles. The van der Waals surface area contributed by atoms with Crippen molar-refractivity contribution in [2.45, 2.75) is 83.5 Å². The van der Waals surface area contributed by atoms with E-state index in [-0.39, 0.29) is 36.2 Å². The van der Waals surface area contributed by atoms with Crippen LogP contribution in [0.1, 0.15) is 68.8 Å². The molecule has 8 nitrogen and oxygen atoms in total. The quantitative estimate of drug-likeness (QED) is 0.369. The van der Waals surface area contributed by atoms with E-state index in [1.807, 2.05) is 51.1 Å². The van der Waals surface area contributed by atoms with E-state index in [1.54, 1.807) is 29.2 Å². The average molecular weight is 562 g/mol. The van der Waals surface area contributed by atoms with Crippen molar-refractivity contribution in [2.75, 3.05) is 11.5 Å². The lowest BCUT2D eigenvalue weighted by molar-refractivity contribution is -0.126. The molecule has 8 heteroatoms. The number of carbonyl (C=O) groups excluding carboxylic acids is 3. The number of nitrogens with zero attached hydrogens (tertiary/aromatic N) is 1. The molecule has 7 atom stereocenters. The molecule has 2 saturated carbocycles. The van der Waals surface area contributed by atoms with Gasteiger partial charge in [0, 0.05) is 23.2 Å². The molecule has 3 fully saturated rings. The summed E-state index contributed by atoms with van der Waals surface area (Å²) in [5.41, 5.74) is 1.96. The molecular weight excluding hydrogens is 518 g/mol. The van der Waals surface area contributed by atoms with Crippen molar-refractivity contribution in [2.24, 2.45) is 23.7 Å². The predicted molar refractivity (Wildman–Crippen MR) is 157 cm³/mol. The van der Waals surface area contributed by atoms with Crippen LogP contribution in [0.2, 0.25) is 0 Å². The van der Waals surface area contributed by atoms with E-state index in [9.17, 15) is 19.5 Å². The highest BCUT2D eigenvalue weighted by atomic mass is 16.6. The third-order valence-electron chi connectivity index (χ3n) is 9.25. The number of benzene rings is 2. The molecule has 1 aliphatic heterocycles. The molecule has 2 aliphatic carbocycles. The first-order valence-electron chi connectivity index (χ1n) is 15.1. The number of hydrogen-bond acceptors (Lipinski definition) is 5. The Kier molecular flexibility index (Phi) is 8.97. The highest BCUT2D eigenvalue weighted by Gasteiger charge is 2.41. The van der Waals surface area contributed by atoms with E-state index in [0.717, 1.165) is 17.9 Å². The zero-order valence-electron chi connectivity index (χ0n) is 24.3. The molecule has 3 N–H and O–H groups in total. The van der Waals surface area contributed by atoms with Crippen LogP contribution in [0, 0.1) is 23.7 Å². The summed E-state index contributed by atoms with van der Waals surface area (Å²) in [6.07, 6.45) is 4.04. The van der Waals surface area contributed by atoms with Crippen molar-refractivity contribution >= 4 is 23.6 Å². The molecule has 0 spiro atoms. The highest BCUT2D eigenvalue weighted by Crippen LogP contribution is 2.44. The van der Waals surface area contributed by atoms with Crippen LogP contribution in [0.15, 0.2) is 54.6 Å². The summed E-state index contributed by atoms with van der Waals surface area (Å²) in [5.74, 6) is 0.739. The molecule has 2 aromatic rings. The van der Waals surface area contributed by atoms with E-state index < -0.39 is 24.2 Å². The normalized spacial score (nSPS) is 25.6. The van der Waals surface area contributed by atoms with Crippen molar-refractivity contribution in [3.05, 3.63) is 65.7 Å². The molecule has 2 bridgehead atoms. The number of aliphatic hydroxyl groups is 1. The van der Waals surface area contributed by atoms with E-state index in [1.165, 1.54) is 19.3 Å². The summed E-state index contributed by atoms with van der Waals surface area (Å²) in [5, 5.41) is 17.6. The van der Waals surface area contributed by atoms with Gasteiger partial charge in [-0.2, -0.15) is 0 Å². The SMILES string of the molecule is CC(C)[C@H]1COC(=O)N1c1cccc(C(=O)N[C@@H](Cc2ccccc2)[C@@H](O)C[C@@H](C)C(=O)NC2CC3CCC2C3)c1. The molecule has 220 valence electrons. The van der Waals surface area contributed by atoms with Gasteiger partial charge in [-0.1, -0.05) is 63.6 Å². The number of hydrogen-bond donors (Lipinski definition) is 3. The van der Waals surface area contributed by atoms with E-state index in [4.69, 9.17) is 4.74 Å². The van der Waals surface area contributed by atoms with Gasteiger partial charge in [-0.05, 0) is 73.6 Å². The molecule has 2 aromatic carbocycles. The van der Waals surface area contributed by atoms with Gasteiger partial charge in [-0.15, -0.1) is 0 Å². The van der Waals surface area contributed by atoms with Crippen molar-refractivity contribution < 1.29 is 24.2 Å². The van der Waals surface area contributed by atoms with E-state index in [0.29, 0.717) is 30.2 Å². The smallest absolute Gasteiger partial charge is 0.414 e. The standard InChI is InChI=1S/C33H43N3O5/c1-20(2)29-19-41-33(40)36(29)26-11-7-10-25(18-26)32(39)35-28(16-22-8-5-4-6-9-22)30(37)14-21(3)31(38)34-27-17-23-12-13-24(27)15-23/h4-11,18,20-21,23-24,27-30,37H,12-17,19H2,1-3H3,(H,34,38)(H,35,39)/t21-,23?,24?,27?,28+,29-,30+/m1/s1. The number of anilines is 1. The van der Waals surface area contributed by atoms with Crippen molar-refractivity contribution in [1.29, 1.82) is 0 Å². The predicted octanol–water partition coefficient (Wildman–Crippen LogP) is 4.70. The molecule has 5 rings (SSSR count). The van der Waals surface area contributed by atoms with E-state index in [2.05, 4.69) is 10.6 Å². The van der Waals surface area contributed by atoms with Crippen LogP contribution in [0.25, 0.3) is 0 Å². The fraction of sp³-hybridized carbons (Fsp3) is 0.545. The number of rotatable bonds is 11. The Morgan fingerprint density at radius 2 is 1.83 bits per heavy atom. The second kappa shape index (κ2) is 12.6. The highest BCUT2D eigenvalue weighted by molar-refractivity contribution is 5.97. The second-order valence-corrected chi connectivity index (χ2v) is 12.6. The summed E-state index contributed by atoms with van der Waals surface area (Å²) in [7, 11) is 0. The summed E-state index contributed by atoms with van der Waals surface area (Å²) < 4.78 is 5.29. The van der Waals surface area contributed by atoms with Gasteiger partial charge in [0.05, 0.1) is 18.2 Å².